The molecule has 2 N–H and O–H groups in total. The molecule has 2 aromatic heterocycles. The van der Waals surface area contributed by atoms with Crippen LogP contribution in [-0.4, -0.2) is 20.4 Å². The Bertz CT molecular complexity index is 447. The summed E-state index contributed by atoms with van der Waals surface area (Å²) in [5.74, 6) is 0. The van der Waals surface area contributed by atoms with E-state index in [1.807, 2.05) is 0 Å². The van der Waals surface area contributed by atoms with E-state index in [9.17, 15) is 0 Å². The first-order valence-corrected chi connectivity index (χ1v) is 5.77. The number of rotatable bonds is 3. The molecule has 2 aromatic rings. The standard InChI is InChI=1S/C12H18N4/c1-5-9-7(3)11(15-13-9)12-8(4)10(6-2)14-16-12/h5-6H2,1-4H3,(H,13,15)(H,14,16). The van der Waals surface area contributed by atoms with Crippen molar-refractivity contribution in [3.63, 3.8) is 0 Å². The molecule has 0 aliphatic heterocycles. The monoisotopic (exact) mass is 218 g/mol. The van der Waals surface area contributed by atoms with E-state index in [2.05, 4.69) is 48.1 Å². The third-order valence-corrected chi connectivity index (χ3v) is 3.15. The maximum absolute atomic E-state index is 4.36. The van der Waals surface area contributed by atoms with Crippen LogP contribution in [0.25, 0.3) is 11.4 Å². The van der Waals surface area contributed by atoms with Gasteiger partial charge in [0.2, 0.25) is 0 Å². The summed E-state index contributed by atoms with van der Waals surface area (Å²) in [6.07, 6.45) is 1.95. The normalized spacial score (nSPS) is 11.0. The van der Waals surface area contributed by atoms with Gasteiger partial charge in [-0.1, -0.05) is 13.8 Å². The highest BCUT2D eigenvalue weighted by Crippen LogP contribution is 2.26. The van der Waals surface area contributed by atoms with Gasteiger partial charge in [0.25, 0.3) is 0 Å². The van der Waals surface area contributed by atoms with Crippen LogP contribution in [0.15, 0.2) is 0 Å². The van der Waals surface area contributed by atoms with Crippen LogP contribution in [-0.2, 0) is 12.8 Å². The van der Waals surface area contributed by atoms with Gasteiger partial charge >= 0.3 is 0 Å². The third kappa shape index (κ3) is 1.54. The van der Waals surface area contributed by atoms with E-state index in [1.165, 1.54) is 22.5 Å². The molecule has 0 bridgehead atoms. The zero-order chi connectivity index (χ0) is 11.7. The number of H-pyrrole nitrogens is 2. The molecule has 0 amide bonds. The van der Waals surface area contributed by atoms with Crippen molar-refractivity contribution in [1.29, 1.82) is 0 Å². The molecule has 0 aliphatic rings. The average molecular weight is 218 g/mol. The Hall–Kier alpha value is -1.58. The van der Waals surface area contributed by atoms with Gasteiger partial charge < -0.3 is 0 Å². The molecule has 0 aliphatic carbocycles. The molecule has 0 saturated carbocycles. The lowest BCUT2D eigenvalue weighted by Crippen LogP contribution is -1.86. The van der Waals surface area contributed by atoms with Gasteiger partial charge in [-0.2, -0.15) is 10.2 Å². The summed E-state index contributed by atoms with van der Waals surface area (Å²) in [7, 11) is 0. The quantitative estimate of drug-likeness (QED) is 0.831. The highest BCUT2D eigenvalue weighted by atomic mass is 15.2. The zero-order valence-corrected chi connectivity index (χ0v) is 10.3. The Balaban J connectivity index is 2.50. The minimum Gasteiger partial charge on any atom is -0.282 e. The van der Waals surface area contributed by atoms with E-state index in [-0.39, 0.29) is 0 Å². The number of aromatic amines is 2. The van der Waals surface area contributed by atoms with Gasteiger partial charge in [0.05, 0.1) is 0 Å². The van der Waals surface area contributed by atoms with E-state index in [1.54, 1.807) is 0 Å². The zero-order valence-electron chi connectivity index (χ0n) is 10.3. The fraction of sp³-hybridized carbons (Fsp3) is 0.500. The van der Waals surface area contributed by atoms with E-state index in [0.29, 0.717) is 0 Å². The first kappa shape index (κ1) is 10.9. The van der Waals surface area contributed by atoms with Gasteiger partial charge in [0.15, 0.2) is 0 Å². The number of hydrogen-bond acceptors (Lipinski definition) is 2. The lowest BCUT2D eigenvalue weighted by atomic mass is 10.1. The number of nitrogens with zero attached hydrogens (tertiary/aromatic N) is 2. The van der Waals surface area contributed by atoms with Gasteiger partial charge in [-0.3, -0.25) is 10.2 Å². The lowest BCUT2D eigenvalue weighted by molar-refractivity contribution is 0.961. The molecule has 2 heterocycles. The molecule has 0 atom stereocenters. The first-order valence-electron chi connectivity index (χ1n) is 5.77. The summed E-state index contributed by atoms with van der Waals surface area (Å²) in [4.78, 5) is 0. The van der Waals surface area contributed by atoms with Gasteiger partial charge in [-0.05, 0) is 37.8 Å². The molecular formula is C12H18N4. The summed E-state index contributed by atoms with van der Waals surface area (Å²) < 4.78 is 0. The highest BCUT2D eigenvalue weighted by molar-refractivity contribution is 5.63. The van der Waals surface area contributed by atoms with Crippen molar-refractivity contribution in [3.8, 4) is 11.4 Å². The van der Waals surface area contributed by atoms with Crippen molar-refractivity contribution in [3.05, 3.63) is 22.5 Å². The fourth-order valence-electron chi connectivity index (χ4n) is 2.02. The van der Waals surface area contributed by atoms with Gasteiger partial charge in [0.1, 0.15) is 11.4 Å². The second-order valence-electron chi connectivity index (χ2n) is 4.06. The van der Waals surface area contributed by atoms with Crippen LogP contribution in [0.4, 0.5) is 0 Å². The van der Waals surface area contributed by atoms with Crippen molar-refractivity contribution < 1.29 is 0 Å². The predicted octanol–water partition coefficient (Wildman–Crippen LogP) is 2.54. The molecule has 0 radical (unpaired) electrons. The van der Waals surface area contributed by atoms with Gasteiger partial charge in [0, 0.05) is 11.4 Å². The van der Waals surface area contributed by atoms with E-state index < -0.39 is 0 Å². The molecule has 4 nitrogen and oxygen atoms in total. The van der Waals surface area contributed by atoms with E-state index >= 15 is 0 Å². The van der Waals surface area contributed by atoms with Crippen LogP contribution in [0.3, 0.4) is 0 Å². The summed E-state index contributed by atoms with van der Waals surface area (Å²) in [6.45, 7) is 8.44. The second-order valence-corrected chi connectivity index (χ2v) is 4.06. The first-order chi connectivity index (χ1) is 7.69. The number of aryl methyl sites for hydroxylation is 2. The largest absolute Gasteiger partial charge is 0.282 e. The number of aromatic nitrogens is 4. The average Bonchev–Trinajstić information content (AvgIpc) is 2.82. The van der Waals surface area contributed by atoms with Crippen LogP contribution in [0.2, 0.25) is 0 Å². The van der Waals surface area contributed by atoms with Crippen LogP contribution in [0.1, 0.15) is 36.4 Å². The van der Waals surface area contributed by atoms with Crippen molar-refractivity contribution >= 4 is 0 Å². The highest BCUT2D eigenvalue weighted by Gasteiger charge is 2.16. The molecule has 0 saturated heterocycles. The maximum atomic E-state index is 4.36. The maximum Gasteiger partial charge on any atom is 0.116 e. The third-order valence-electron chi connectivity index (χ3n) is 3.15. The van der Waals surface area contributed by atoms with Crippen molar-refractivity contribution in [2.24, 2.45) is 0 Å². The van der Waals surface area contributed by atoms with Gasteiger partial charge in [-0.15, -0.1) is 0 Å². The topological polar surface area (TPSA) is 57.4 Å². The van der Waals surface area contributed by atoms with Crippen molar-refractivity contribution in [2.45, 2.75) is 40.5 Å². The van der Waals surface area contributed by atoms with Crippen LogP contribution in [0, 0.1) is 13.8 Å². The van der Waals surface area contributed by atoms with Gasteiger partial charge in [-0.25, -0.2) is 0 Å². The number of hydrogen-bond donors (Lipinski definition) is 2. The SMILES string of the molecule is CCc1[nH]nc(-c2n[nH]c(CC)c2C)c1C. The fourth-order valence-corrected chi connectivity index (χ4v) is 2.02. The summed E-state index contributed by atoms with van der Waals surface area (Å²) in [5.41, 5.74) is 6.75. The van der Waals surface area contributed by atoms with Crippen LogP contribution in [0.5, 0.6) is 0 Å². The Morgan fingerprint density at radius 3 is 1.44 bits per heavy atom. The van der Waals surface area contributed by atoms with Crippen LogP contribution < -0.4 is 0 Å². The van der Waals surface area contributed by atoms with E-state index in [0.717, 1.165) is 24.2 Å². The molecule has 0 unspecified atom stereocenters. The predicted molar refractivity (Wildman–Crippen MR) is 64.4 cm³/mol. The second kappa shape index (κ2) is 4.12. The Morgan fingerprint density at radius 1 is 0.812 bits per heavy atom. The minimum atomic E-state index is 0.975. The van der Waals surface area contributed by atoms with Crippen LogP contribution >= 0.6 is 0 Å². The minimum absolute atomic E-state index is 0.975. The van der Waals surface area contributed by atoms with Crippen molar-refractivity contribution in [1.82, 2.24) is 20.4 Å². The summed E-state index contributed by atoms with van der Waals surface area (Å²) in [6, 6.07) is 0. The molecule has 0 aromatic carbocycles. The Labute approximate surface area is 95.5 Å². The molecule has 86 valence electrons. The molecule has 16 heavy (non-hydrogen) atoms. The molecule has 0 fully saturated rings. The molecule has 2 rings (SSSR count). The Kier molecular flexibility index (Phi) is 2.81. The number of nitrogens with one attached hydrogen (secondary N) is 2. The molecule has 4 heteroatoms. The lowest BCUT2D eigenvalue weighted by Gasteiger charge is -1.97. The molecular weight excluding hydrogens is 200 g/mol. The molecule has 0 spiro atoms. The summed E-state index contributed by atoms with van der Waals surface area (Å²) >= 11 is 0. The van der Waals surface area contributed by atoms with E-state index in [4.69, 9.17) is 0 Å². The summed E-state index contributed by atoms with van der Waals surface area (Å²) in [5, 5.41) is 14.9. The smallest absolute Gasteiger partial charge is 0.116 e. The Morgan fingerprint density at radius 2 is 1.19 bits per heavy atom. The van der Waals surface area contributed by atoms with Crippen molar-refractivity contribution in [2.75, 3.05) is 0 Å².